The standard InChI is InChI=1S/C18H29N3O4/c1-18(2,3)25-17(23)20-16-6-5-14(13-7-10-24-12-13)15(19-16)11-21(4)8-9-22/h5-6,13,22H,7-12H2,1-4H3,(H,19,20,23). The molecule has 1 aromatic rings. The summed E-state index contributed by atoms with van der Waals surface area (Å²) in [6.45, 7) is 8.15. The van der Waals surface area contributed by atoms with E-state index in [2.05, 4.69) is 10.3 Å². The third kappa shape index (κ3) is 6.26. The molecule has 25 heavy (non-hydrogen) atoms. The highest BCUT2D eigenvalue weighted by Gasteiger charge is 2.23. The van der Waals surface area contributed by atoms with Gasteiger partial charge in [-0.2, -0.15) is 0 Å². The topological polar surface area (TPSA) is 83.9 Å². The second kappa shape index (κ2) is 8.60. The smallest absolute Gasteiger partial charge is 0.413 e. The van der Waals surface area contributed by atoms with Gasteiger partial charge in [0.25, 0.3) is 0 Å². The first-order chi connectivity index (χ1) is 11.8. The number of anilines is 1. The maximum atomic E-state index is 12.0. The quantitative estimate of drug-likeness (QED) is 0.818. The number of ether oxygens (including phenoxy) is 2. The number of nitrogens with zero attached hydrogens (tertiary/aromatic N) is 2. The van der Waals surface area contributed by atoms with E-state index in [0.29, 0.717) is 31.4 Å². The molecule has 0 aliphatic carbocycles. The van der Waals surface area contributed by atoms with E-state index in [9.17, 15) is 4.79 Å². The summed E-state index contributed by atoms with van der Waals surface area (Å²) in [7, 11) is 1.93. The molecule has 2 rings (SSSR count). The van der Waals surface area contributed by atoms with Gasteiger partial charge in [-0.15, -0.1) is 0 Å². The number of likely N-dealkylation sites (N-methyl/N-ethyl adjacent to an activating group) is 1. The van der Waals surface area contributed by atoms with E-state index in [4.69, 9.17) is 14.6 Å². The molecule has 1 fully saturated rings. The van der Waals surface area contributed by atoms with E-state index in [1.54, 1.807) is 6.07 Å². The molecule has 1 aromatic heterocycles. The Morgan fingerprint density at radius 2 is 2.24 bits per heavy atom. The van der Waals surface area contributed by atoms with Crippen LogP contribution in [0.2, 0.25) is 0 Å². The number of aliphatic hydroxyl groups excluding tert-OH is 1. The summed E-state index contributed by atoms with van der Waals surface area (Å²) in [5, 5.41) is 11.8. The Morgan fingerprint density at radius 1 is 1.48 bits per heavy atom. The Balaban J connectivity index is 2.17. The molecule has 7 heteroatoms. The van der Waals surface area contributed by atoms with Crippen molar-refractivity contribution < 1.29 is 19.4 Å². The first-order valence-electron chi connectivity index (χ1n) is 8.65. The van der Waals surface area contributed by atoms with Gasteiger partial charge in [0.2, 0.25) is 0 Å². The Labute approximate surface area is 149 Å². The van der Waals surface area contributed by atoms with Crippen LogP contribution < -0.4 is 5.32 Å². The number of aromatic nitrogens is 1. The summed E-state index contributed by atoms with van der Waals surface area (Å²) in [4.78, 5) is 18.6. The van der Waals surface area contributed by atoms with Crippen molar-refractivity contribution in [1.82, 2.24) is 9.88 Å². The minimum absolute atomic E-state index is 0.0915. The van der Waals surface area contributed by atoms with Crippen molar-refractivity contribution >= 4 is 11.9 Å². The predicted molar refractivity (Wildman–Crippen MR) is 95.7 cm³/mol. The SMILES string of the molecule is CN(CCO)Cc1nc(NC(=O)OC(C)(C)C)ccc1C1CCOC1. The Hall–Kier alpha value is -1.70. The largest absolute Gasteiger partial charge is 0.444 e. The van der Waals surface area contributed by atoms with E-state index in [0.717, 1.165) is 24.3 Å². The van der Waals surface area contributed by atoms with Gasteiger partial charge in [-0.1, -0.05) is 6.07 Å². The van der Waals surface area contributed by atoms with Gasteiger partial charge in [0.1, 0.15) is 11.4 Å². The second-order valence-corrected chi connectivity index (χ2v) is 7.38. The van der Waals surface area contributed by atoms with Crippen LogP contribution in [0.25, 0.3) is 0 Å². The molecule has 2 heterocycles. The highest BCUT2D eigenvalue weighted by molar-refractivity contribution is 5.83. The lowest BCUT2D eigenvalue weighted by molar-refractivity contribution is 0.0635. The molecule has 1 saturated heterocycles. The lowest BCUT2D eigenvalue weighted by Gasteiger charge is -2.21. The molecule has 1 amide bonds. The average Bonchev–Trinajstić information content (AvgIpc) is 2.99. The van der Waals surface area contributed by atoms with E-state index < -0.39 is 11.7 Å². The van der Waals surface area contributed by atoms with Crippen molar-refractivity contribution in [3.05, 3.63) is 23.4 Å². The highest BCUT2D eigenvalue weighted by Crippen LogP contribution is 2.29. The maximum Gasteiger partial charge on any atom is 0.413 e. The molecule has 0 radical (unpaired) electrons. The van der Waals surface area contributed by atoms with Crippen LogP contribution in [-0.2, 0) is 16.0 Å². The van der Waals surface area contributed by atoms with E-state index in [-0.39, 0.29) is 6.61 Å². The predicted octanol–water partition coefficient (Wildman–Crippen LogP) is 2.36. The summed E-state index contributed by atoms with van der Waals surface area (Å²) >= 11 is 0. The zero-order chi connectivity index (χ0) is 18.4. The van der Waals surface area contributed by atoms with Crippen LogP contribution in [0.5, 0.6) is 0 Å². The molecule has 1 aliphatic heterocycles. The van der Waals surface area contributed by atoms with Gasteiger partial charge in [0.15, 0.2) is 0 Å². The van der Waals surface area contributed by atoms with Crippen LogP contribution in [0.1, 0.15) is 44.4 Å². The fraction of sp³-hybridized carbons (Fsp3) is 0.667. The van der Waals surface area contributed by atoms with Gasteiger partial charge in [0.05, 0.1) is 18.9 Å². The number of rotatable bonds is 6. The zero-order valence-electron chi connectivity index (χ0n) is 15.5. The molecular weight excluding hydrogens is 322 g/mol. The minimum atomic E-state index is -0.560. The summed E-state index contributed by atoms with van der Waals surface area (Å²) in [5.74, 6) is 0.782. The lowest BCUT2D eigenvalue weighted by Crippen LogP contribution is -2.28. The van der Waals surface area contributed by atoms with Crippen molar-refractivity contribution in [2.24, 2.45) is 0 Å². The summed E-state index contributed by atoms with van der Waals surface area (Å²) in [6.07, 6.45) is 0.448. The van der Waals surface area contributed by atoms with Gasteiger partial charge >= 0.3 is 6.09 Å². The number of carbonyl (C=O) groups excluding carboxylic acids is 1. The van der Waals surface area contributed by atoms with Gasteiger partial charge in [-0.25, -0.2) is 9.78 Å². The molecule has 7 nitrogen and oxygen atoms in total. The van der Waals surface area contributed by atoms with Crippen molar-refractivity contribution in [3.63, 3.8) is 0 Å². The molecule has 0 bridgehead atoms. The van der Waals surface area contributed by atoms with Gasteiger partial charge in [-0.3, -0.25) is 10.2 Å². The van der Waals surface area contributed by atoms with Gasteiger partial charge < -0.3 is 14.6 Å². The normalized spacial score (nSPS) is 17.8. The number of nitrogens with one attached hydrogen (secondary N) is 1. The van der Waals surface area contributed by atoms with Gasteiger partial charge in [0, 0.05) is 25.6 Å². The third-order valence-corrected chi connectivity index (χ3v) is 3.91. The molecule has 0 saturated carbocycles. The van der Waals surface area contributed by atoms with E-state index >= 15 is 0 Å². The number of hydrogen-bond acceptors (Lipinski definition) is 6. The van der Waals surface area contributed by atoms with Crippen LogP contribution in [0.15, 0.2) is 12.1 Å². The molecule has 140 valence electrons. The van der Waals surface area contributed by atoms with Crippen LogP contribution in [0.4, 0.5) is 10.6 Å². The molecule has 2 N–H and O–H groups in total. The monoisotopic (exact) mass is 351 g/mol. The second-order valence-electron chi connectivity index (χ2n) is 7.38. The molecule has 1 aliphatic rings. The van der Waals surface area contributed by atoms with Crippen LogP contribution in [0, 0.1) is 0 Å². The number of carbonyl (C=O) groups is 1. The number of amides is 1. The Morgan fingerprint density at radius 3 is 2.84 bits per heavy atom. The van der Waals surface area contributed by atoms with Crippen LogP contribution in [-0.4, -0.2) is 60.1 Å². The fourth-order valence-electron chi connectivity index (χ4n) is 2.77. The first kappa shape index (κ1) is 19.6. The minimum Gasteiger partial charge on any atom is -0.444 e. The first-order valence-corrected chi connectivity index (χ1v) is 8.65. The van der Waals surface area contributed by atoms with Gasteiger partial charge in [-0.05, 0) is 45.9 Å². The summed E-state index contributed by atoms with van der Waals surface area (Å²) < 4.78 is 10.8. The van der Waals surface area contributed by atoms with Crippen molar-refractivity contribution in [3.8, 4) is 0 Å². The summed E-state index contributed by atoms with van der Waals surface area (Å²) in [5.41, 5.74) is 1.46. The number of pyridine rings is 1. The fourth-order valence-corrected chi connectivity index (χ4v) is 2.77. The third-order valence-electron chi connectivity index (χ3n) is 3.91. The Bertz CT molecular complexity index is 580. The van der Waals surface area contributed by atoms with Crippen molar-refractivity contribution in [1.29, 1.82) is 0 Å². The van der Waals surface area contributed by atoms with Crippen molar-refractivity contribution in [2.75, 3.05) is 38.7 Å². The molecule has 1 unspecified atom stereocenters. The molecule has 0 spiro atoms. The number of aliphatic hydroxyl groups is 1. The summed E-state index contributed by atoms with van der Waals surface area (Å²) in [6, 6.07) is 3.80. The van der Waals surface area contributed by atoms with E-state index in [1.165, 1.54) is 0 Å². The van der Waals surface area contributed by atoms with Crippen LogP contribution in [0.3, 0.4) is 0 Å². The zero-order valence-corrected chi connectivity index (χ0v) is 15.5. The molecule has 0 aromatic carbocycles. The maximum absolute atomic E-state index is 12.0. The van der Waals surface area contributed by atoms with E-state index in [1.807, 2.05) is 38.8 Å². The highest BCUT2D eigenvalue weighted by atomic mass is 16.6. The average molecular weight is 351 g/mol. The molecule has 1 atom stereocenters. The number of hydrogen-bond donors (Lipinski definition) is 2. The molecular formula is C18H29N3O4. The van der Waals surface area contributed by atoms with Crippen LogP contribution >= 0.6 is 0 Å². The Kier molecular flexibility index (Phi) is 6.75. The van der Waals surface area contributed by atoms with Crippen molar-refractivity contribution in [2.45, 2.75) is 45.3 Å². The lowest BCUT2D eigenvalue weighted by atomic mass is 9.96.